The molecule has 1 aliphatic rings. The third kappa shape index (κ3) is 1.89. The lowest BCUT2D eigenvalue weighted by Gasteiger charge is -2.24. The van der Waals surface area contributed by atoms with E-state index in [-0.39, 0.29) is 17.7 Å². The van der Waals surface area contributed by atoms with Gasteiger partial charge < -0.3 is 5.32 Å². The molecule has 0 aliphatic carbocycles. The third-order valence-electron chi connectivity index (χ3n) is 2.25. The van der Waals surface area contributed by atoms with Crippen LogP contribution >= 0.6 is 0 Å². The number of rotatable bonds is 1. The van der Waals surface area contributed by atoms with E-state index in [9.17, 15) is 4.79 Å². The zero-order valence-electron chi connectivity index (χ0n) is 8.22. The molecule has 70 valence electrons. The Morgan fingerprint density at radius 1 is 1.62 bits per heavy atom. The Labute approximate surface area is 78.4 Å². The molecular formula is C10H14N2O. The molecule has 0 radical (unpaired) electrons. The molecule has 3 nitrogen and oxygen atoms in total. The fourth-order valence-corrected chi connectivity index (χ4v) is 1.54. The van der Waals surface area contributed by atoms with Crippen molar-refractivity contribution in [3.05, 3.63) is 11.3 Å². The minimum atomic E-state index is 0.0233. The van der Waals surface area contributed by atoms with Crippen molar-refractivity contribution in [1.29, 1.82) is 5.26 Å². The molecule has 0 fully saturated rings. The Morgan fingerprint density at radius 2 is 2.23 bits per heavy atom. The number of amides is 1. The molecule has 13 heavy (non-hydrogen) atoms. The van der Waals surface area contributed by atoms with E-state index < -0.39 is 0 Å². The normalized spacial score (nSPS) is 23.0. The van der Waals surface area contributed by atoms with Crippen LogP contribution in [-0.4, -0.2) is 5.91 Å². The van der Waals surface area contributed by atoms with Gasteiger partial charge in [-0.2, -0.15) is 5.26 Å². The van der Waals surface area contributed by atoms with Gasteiger partial charge in [0.25, 0.3) is 0 Å². The molecule has 0 aromatic carbocycles. The van der Waals surface area contributed by atoms with Crippen molar-refractivity contribution in [3.8, 4) is 6.07 Å². The zero-order valence-corrected chi connectivity index (χ0v) is 8.22. The molecule has 1 aliphatic heterocycles. The second-order valence-electron chi connectivity index (χ2n) is 3.75. The molecule has 1 N–H and O–H groups in total. The second kappa shape index (κ2) is 3.61. The summed E-state index contributed by atoms with van der Waals surface area (Å²) in [6, 6.07) is 2.17. The highest BCUT2D eigenvalue weighted by molar-refractivity contribution is 5.80. The van der Waals surface area contributed by atoms with E-state index in [2.05, 4.69) is 11.4 Å². The summed E-state index contributed by atoms with van der Waals surface area (Å²) in [6.45, 7) is 5.87. The highest BCUT2D eigenvalue weighted by atomic mass is 16.1. The Balaban J connectivity index is 3.08. The SMILES string of the molecule is CC(C)C1=C(C#N)C(C)CC(=O)N1. The van der Waals surface area contributed by atoms with E-state index in [1.165, 1.54) is 0 Å². The van der Waals surface area contributed by atoms with Crippen LogP contribution in [0.3, 0.4) is 0 Å². The molecule has 0 bridgehead atoms. The number of carbonyl (C=O) groups excluding carboxylic acids is 1. The second-order valence-corrected chi connectivity index (χ2v) is 3.75. The average Bonchev–Trinajstić information content (AvgIpc) is 2.02. The standard InChI is InChI=1S/C10H14N2O/c1-6(2)10-8(5-11)7(3)4-9(13)12-10/h6-7H,4H2,1-3H3,(H,12,13). The van der Waals surface area contributed by atoms with Crippen LogP contribution in [0.4, 0.5) is 0 Å². The summed E-state index contributed by atoms with van der Waals surface area (Å²) in [4.78, 5) is 11.2. The first-order valence-corrected chi connectivity index (χ1v) is 4.50. The molecule has 1 atom stereocenters. The molecule has 3 heteroatoms. The van der Waals surface area contributed by atoms with Gasteiger partial charge in [0, 0.05) is 18.0 Å². The highest BCUT2D eigenvalue weighted by Crippen LogP contribution is 2.25. The molecule has 1 unspecified atom stereocenters. The molecule has 0 spiro atoms. The number of nitriles is 1. The Bertz CT molecular complexity index is 297. The number of carbonyl (C=O) groups is 1. The molecule has 1 amide bonds. The van der Waals surface area contributed by atoms with Gasteiger partial charge in [0.05, 0.1) is 11.6 Å². The lowest BCUT2D eigenvalue weighted by Crippen LogP contribution is -2.33. The van der Waals surface area contributed by atoms with E-state index in [0.29, 0.717) is 6.42 Å². The molecular weight excluding hydrogens is 164 g/mol. The Morgan fingerprint density at radius 3 is 2.69 bits per heavy atom. The van der Waals surface area contributed by atoms with Gasteiger partial charge in [0.1, 0.15) is 0 Å². The van der Waals surface area contributed by atoms with Gasteiger partial charge in [0.2, 0.25) is 5.91 Å². The summed E-state index contributed by atoms with van der Waals surface area (Å²) in [5.74, 6) is 0.299. The quantitative estimate of drug-likeness (QED) is 0.662. The number of hydrogen-bond donors (Lipinski definition) is 1. The molecule has 0 saturated carbocycles. The van der Waals surface area contributed by atoms with Gasteiger partial charge in [-0.05, 0) is 5.92 Å². The monoisotopic (exact) mass is 178 g/mol. The van der Waals surface area contributed by atoms with Crippen molar-refractivity contribution < 1.29 is 4.79 Å². The van der Waals surface area contributed by atoms with Gasteiger partial charge in [-0.25, -0.2) is 0 Å². The average molecular weight is 178 g/mol. The summed E-state index contributed by atoms with van der Waals surface area (Å²) in [6.07, 6.45) is 0.430. The van der Waals surface area contributed by atoms with E-state index >= 15 is 0 Å². The van der Waals surface area contributed by atoms with Crippen molar-refractivity contribution in [2.45, 2.75) is 27.2 Å². The number of nitrogens with one attached hydrogen (secondary N) is 1. The Hall–Kier alpha value is -1.30. The van der Waals surface area contributed by atoms with Gasteiger partial charge >= 0.3 is 0 Å². The van der Waals surface area contributed by atoms with Crippen LogP contribution in [0.2, 0.25) is 0 Å². The van der Waals surface area contributed by atoms with Crippen LogP contribution < -0.4 is 5.32 Å². The summed E-state index contributed by atoms with van der Waals surface area (Å²) >= 11 is 0. The first kappa shape index (κ1) is 9.79. The molecule has 1 heterocycles. The van der Waals surface area contributed by atoms with Gasteiger partial charge in [-0.15, -0.1) is 0 Å². The first-order valence-electron chi connectivity index (χ1n) is 4.50. The van der Waals surface area contributed by atoms with E-state index in [4.69, 9.17) is 5.26 Å². The van der Waals surface area contributed by atoms with Crippen molar-refractivity contribution in [3.63, 3.8) is 0 Å². The van der Waals surface area contributed by atoms with Crippen molar-refractivity contribution in [2.75, 3.05) is 0 Å². The van der Waals surface area contributed by atoms with Crippen molar-refractivity contribution in [1.82, 2.24) is 5.32 Å². The topological polar surface area (TPSA) is 52.9 Å². The summed E-state index contributed by atoms with van der Waals surface area (Å²) in [7, 11) is 0. The van der Waals surface area contributed by atoms with Gasteiger partial charge in [-0.3, -0.25) is 4.79 Å². The van der Waals surface area contributed by atoms with E-state index in [1.54, 1.807) is 0 Å². The van der Waals surface area contributed by atoms with Crippen LogP contribution in [0.15, 0.2) is 11.3 Å². The maximum atomic E-state index is 11.2. The lowest BCUT2D eigenvalue weighted by molar-refractivity contribution is -0.121. The summed E-state index contributed by atoms with van der Waals surface area (Å²) in [5, 5.41) is 11.7. The number of allylic oxidation sites excluding steroid dienone is 2. The fourth-order valence-electron chi connectivity index (χ4n) is 1.54. The molecule has 0 aromatic rings. The summed E-state index contributed by atoms with van der Waals surface area (Å²) in [5.41, 5.74) is 1.53. The maximum Gasteiger partial charge on any atom is 0.224 e. The van der Waals surface area contributed by atoms with Crippen LogP contribution in [-0.2, 0) is 4.79 Å². The zero-order chi connectivity index (χ0) is 10.0. The van der Waals surface area contributed by atoms with Gasteiger partial charge in [0.15, 0.2) is 0 Å². The van der Waals surface area contributed by atoms with Crippen LogP contribution in [0.1, 0.15) is 27.2 Å². The van der Waals surface area contributed by atoms with Crippen LogP contribution in [0, 0.1) is 23.2 Å². The van der Waals surface area contributed by atoms with E-state index in [1.807, 2.05) is 20.8 Å². The predicted molar refractivity (Wildman–Crippen MR) is 49.4 cm³/mol. The fraction of sp³-hybridized carbons (Fsp3) is 0.600. The minimum Gasteiger partial charge on any atom is -0.328 e. The van der Waals surface area contributed by atoms with Crippen molar-refractivity contribution in [2.24, 2.45) is 11.8 Å². The van der Waals surface area contributed by atoms with Crippen LogP contribution in [0.25, 0.3) is 0 Å². The highest BCUT2D eigenvalue weighted by Gasteiger charge is 2.25. The van der Waals surface area contributed by atoms with Crippen LogP contribution in [0.5, 0.6) is 0 Å². The van der Waals surface area contributed by atoms with Crippen molar-refractivity contribution >= 4 is 5.91 Å². The molecule has 0 aromatic heterocycles. The lowest BCUT2D eigenvalue weighted by atomic mass is 9.89. The Kier molecular flexibility index (Phi) is 2.72. The maximum absolute atomic E-state index is 11.2. The number of nitrogens with zero attached hydrogens (tertiary/aromatic N) is 1. The predicted octanol–water partition coefficient (Wildman–Crippen LogP) is 1.58. The smallest absolute Gasteiger partial charge is 0.224 e. The molecule has 0 saturated heterocycles. The third-order valence-corrected chi connectivity index (χ3v) is 2.25. The van der Waals surface area contributed by atoms with Gasteiger partial charge in [-0.1, -0.05) is 20.8 Å². The first-order chi connectivity index (χ1) is 6.06. The molecule has 1 rings (SSSR count). The minimum absolute atomic E-state index is 0.0233. The number of hydrogen-bond acceptors (Lipinski definition) is 2. The largest absolute Gasteiger partial charge is 0.328 e. The van der Waals surface area contributed by atoms with E-state index in [0.717, 1.165) is 11.3 Å². The summed E-state index contributed by atoms with van der Waals surface area (Å²) < 4.78 is 0.